The predicted molar refractivity (Wildman–Crippen MR) is 52.7 cm³/mol. The van der Waals surface area contributed by atoms with E-state index in [0.29, 0.717) is 0 Å². The first kappa shape index (κ1) is 6.91. The van der Waals surface area contributed by atoms with Gasteiger partial charge in [-0.25, -0.2) is 4.98 Å². The minimum Gasteiger partial charge on any atom is -0.253 e. The fourth-order valence-electron chi connectivity index (χ4n) is 1.35. The van der Waals surface area contributed by atoms with Crippen molar-refractivity contribution in [1.29, 1.82) is 0 Å². The zero-order valence-electron chi connectivity index (χ0n) is 6.64. The van der Waals surface area contributed by atoms with Crippen molar-refractivity contribution in [3.8, 4) is 0 Å². The lowest BCUT2D eigenvalue weighted by Gasteiger charge is -1.94. The van der Waals surface area contributed by atoms with Crippen molar-refractivity contribution in [3.63, 3.8) is 0 Å². The zero-order chi connectivity index (χ0) is 8.67. The Morgan fingerprint density at radius 2 is 1.77 bits per heavy atom. The van der Waals surface area contributed by atoms with Crippen LogP contribution in [0.2, 0.25) is 0 Å². The van der Waals surface area contributed by atoms with Crippen molar-refractivity contribution >= 4 is 32.6 Å². The third kappa shape index (κ3) is 0.922. The Bertz CT molecular complexity index is 573. The van der Waals surface area contributed by atoms with Crippen LogP contribution in [0.1, 0.15) is 0 Å². The molecule has 0 atom stereocenters. The van der Waals surface area contributed by atoms with E-state index < -0.39 is 0 Å². The molecule has 0 aliphatic rings. The Morgan fingerprint density at radius 1 is 0.923 bits per heavy atom. The van der Waals surface area contributed by atoms with Crippen molar-refractivity contribution in [2.45, 2.75) is 0 Å². The van der Waals surface area contributed by atoms with Gasteiger partial charge in [-0.05, 0) is 12.1 Å². The van der Waals surface area contributed by atoms with E-state index in [4.69, 9.17) is 0 Å². The second-order valence-electron chi connectivity index (χ2n) is 2.69. The number of rotatable bonds is 0. The molecule has 0 radical (unpaired) electrons. The lowest BCUT2D eigenvalue weighted by Crippen LogP contribution is -1.81. The molecule has 0 aliphatic carbocycles. The van der Waals surface area contributed by atoms with Gasteiger partial charge in [0.25, 0.3) is 0 Å². The largest absolute Gasteiger partial charge is 0.253 e. The SMILES string of the molecule is c1cnc2c(ccc3ncsc32)n1. The maximum absolute atomic E-state index is 4.29. The molecule has 3 nitrogen and oxygen atoms in total. The molecule has 13 heavy (non-hydrogen) atoms. The highest BCUT2D eigenvalue weighted by molar-refractivity contribution is 7.17. The van der Waals surface area contributed by atoms with Gasteiger partial charge in [-0.3, -0.25) is 9.97 Å². The summed E-state index contributed by atoms with van der Waals surface area (Å²) in [6.45, 7) is 0. The van der Waals surface area contributed by atoms with E-state index in [2.05, 4.69) is 15.0 Å². The Hall–Kier alpha value is -1.55. The highest BCUT2D eigenvalue weighted by atomic mass is 32.1. The highest BCUT2D eigenvalue weighted by Crippen LogP contribution is 2.24. The van der Waals surface area contributed by atoms with E-state index in [1.54, 1.807) is 23.7 Å². The third-order valence-corrected chi connectivity index (χ3v) is 2.78. The van der Waals surface area contributed by atoms with Gasteiger partial charge in [0.15, 0.2) is 0 Å². The second-order valence-corrected chi connectivity index (χ2v) is 3.55. The number of aromatic nitrogens is 3. The number of hydrogen-bond donors (Lipinski definition) is 0. The van der Waals surface area contributed by atoms with Gasteiger partial charge in [-0.15, -0.1) is 11.3 Å². The van der Waals surface area contributed by atoms with Crippen LogP contribution in [0.5, 0.6) is 0 Å². The first-order valence-electron chi connectivity index (χ1n) is 3.88. The van der Waals surface area contributed by atoms with Gasteiger partial charge in [-0.2, -0.15) is 0 Å². The highest BCUT2D eigenvalue weighted by Gasteiger charge is 2.02. The van der Waals surface area contributed by atoms with Crippen LogP contribution in [0.25, 0.3) is 21.3 Å². The molecule has 2 aromatic heterocycles. The molecule has 0 bridgehead atoms. The molecular formula is C9H5N3S. The molecule has 4 heteroatoms. The van der Waals surface area contributed by atoms with Crippen LogP contribution < -0.4 is 0 Å². The lowest BCUT2D eigenvalue weighted by molar-refractivity contribution is 1.30. The van der Waals surface area contributed by atoms with Gasteiger partial charge in [0.2, 0.25) is 0 Å². The van der Waals surface area contributed by atoms with Gasteiger partial charge in [-0.1, -0.05) is 0 Å². The minimum atomic E-state index is 0.930. The average molecular weight is 187 g/mol. The number of thiazole rings is 1. The summed E-state index contributed by atoms with van der Waals surface area (Å²) in [7, 11) is 0. The normalized spacial score (nSPS) is 11.1. The van der Waals surface area contributed by atoms with Crippen LogP contribution in [-0.2, 0) is 0 Å². The van der Waals surface area contributed by atoms with Crippen LogP contribution in [0, 0.1) is 0 Å². The summed E-state index contributed by atoms with van der Waals surface area (Å²) < 4.78 is 1.12. The third-order valence-electron chi connectivity index (χ3n) is 1.94. The minimum absolute atomic E-state index is 0.930. The quantitative estimate of drug-likeness (QED) is 0.541. The summed E-state index contributed by atoms with van der Waals surface area (Å²) >= 11 is 1.60. The van der Waals surface area contributed by atoms with Gasteiger partial charge in [0, 0.05) is 12.4 Å². The maximum Gasteiger partial charge on any atom is 0.108 e. The standard InChI is InChI=1S/C9H5N3S/c1-2-7-9(13-5-12-7)8-6(1)10-3-4-11-8/h1-5H. The Balaban J connectivity index is 2.65. The Morgan fingerprint density at radius 3 is 2.77 bits per heavy atom. The molecule has 3 aromatic rings. The first-order chi connectivity index (χ1) is 6.45. The molecule has 0 aliphatic heterocycles. The topological polar surface area (TPSA) is 38.7 Å². The number of benzene rings is 1. The molecule has 0 unspecified atom stereocenters. The molecule has 0 saturated heterocycles. The molecule has 0 spiro atoms. The van der Waals surface area contributed by atoms with Crippen molar-refractivity contribution in [2.24, 2.45) is 0 Å². The van der Waals surface area contributed by atoms with E-state index >= 15 is 0 Å². The van der Waals surface area contributed by atoms with Gasteiger partial charge in [0.05, 0.1) is 21.2 Å². The van der Waals surface area contributed by atoms with Gasteiger partial charge >= 0.3 is 0 Å². The molecule has 0 fully saturated rings. The number of nitrogens with zero attached hydrogens (tertiary/aromatic N) is 3. The van der Waals surface area contributed by atoms with E-state index in [1.807, 2.05) is 17.6 Å². The average Bonchev–Trinajstić information content (AvgIpc) is 2.65. The van der Waals surface area contributed by atoms with Crippen molar-refractivity contribution in [1.82, 2.24) is 15.0 Å². The molecule has 0 saturated carbocycles. The number of hydrogen-bond acceptors (Lipinski definition) is 4. The van der Waals surface area contributed by atoms with Crippen molar-refractivity contribution in [3.05, 3.63) is 30.0 Å². The fraction of sp³-hybridized carbons (Fsp3) is 0. The van der Waals surface area contributed by atoms with Gasteiger partial charge in [0.1, 0.15) is 5.52 Å². The van der Waals surface area contributed by atoms with E-state index in [0.717, 1.165) is 21.3 Å². The molecule has 0 N–H and O–H groups in total. The summed E-state index contributed by atoms with van der Waals surface area (Å²) in [6, 6.07) is 3.92. The predicted octanol–water partition coefficient (Wildman–Crippen LogP) is 2.24. The van der Waals surface area contributed by atoms with E-state index in [9.17, 15) is 0 Å². The smallest absolute Gasteiger partial charge is 0.108 e. The maximum atomic E-state index is 4.29. The summed E-state index contributed by atoms with van der Waals surface area (Å²) in [5.41, 5.74) is 4.71. The van der Waals surface area contributed by atoms with Crippen LogP contribution in [-0.4, -0.2) is 15.0 Å². The zero-order valence-corrected chi connectivity index (χ0v) is 7.45. The summed E-state index contributed by atoms with van der Waals surface area (Å²) in [5, 5.41) is 0. The van der Waals surface area contributed by atoms with Crippen LogP contribution >= 0.6 is 11.3 Å². The molecule has 62 valence electrons. The van der Waals surface area contributed by atoms with Crippen LogP contribution in [0.4, 0.5) is 0 Å². The van der Waals surface area contributed by atoms with E-state index in [-0.39, 0.29) is 0 Å². The first-order valence-corrected chi connectivity index (χ1v) is 4.76. The lowest BCUT2D eigenvalue weighted by atomic mass is 10.3. The molecule has 3 rings (SSSR count). The molecule has 2 heterocycles. The summed E-state index contributed by atoms with van der Waals surface area (Å²) in [4.78, 5) is 12.7. The van der Waals surface area contributed by atoms with Crippen LogP contribution in [0.3, 0.4) is 0 Å². The van der Waals surface area contributed by atoms with Crippen LogP contribution in [0.15, 0.2) is 30.0 Å². The van der Waals surface area contributed by atoms with Gasteiger partial charge < -0.3 is 0 Å². The molecule has 1 aromatic carbocycles. The fourth-order valence-corrected chi connectivity index (χ4v) is 2.14. The van der Waals surface area contributed by atoms with E-state index in [1.165, 1.54) is 0 Å². The summed E-state index contributed by atoms with van der Waals surface area (Å²) in [5.74, 6) is 0. The number of fused-ring (bicyclic) bond motifs is 3. The Kier molecular flexibility index (Phi) is 1.31. The summed E-state index contributed by atoms with van der Waals surface area (Å²) in [6.07, 6.45) is 3.41. The molecule has 0 amide bonds. The second kappa shape index (κ2) is 2.47. The van der Waals surface area contributed by atoms with Crippen molar-refractivity contribution < 1.29 is 0 Å². The molecular weight excluding hydrogens is 182 g/mol. The monoisotopic (exact) mass is 187 g/mol. The van der Waals surface area contributed by atoms with Crippen molar-refractivity contribution in [2.75, 3.05) is 0 Å². The Labute approximate surface area is 78.1 Å².